The topological polar surface area (TPSA) is 67.4 Å². The van der Waals surface area contributed by atoms with Gasteiger partial charge >= 0.3 is 0 Å². The van der Waals surface area contributed by atoms with Crippen molar-refractivity contribution < 1.29 is 31.5 Å². The third-order valence-corrected chi connectivity index (χ3v) is 7.36. The molecule has 1 spiro atoms. The van der Waals surface area contributed by atoms with Crippen molar-refractivity contribution in [3.8, 4) is 0 Å². The highest BCUT2D eigenvalue weighted by molar-refractivity contribution is 5.75. The monoisotopic (exact) mass is 532 g/mol. The number of ether oxygens (including phenoxy) is 1. The summed E-state index contributed by atoms with van der Waals surface area (Å²) in [4.78, 5) is 22.3. The van der Waals surface area contributed by atoms with Crippen LogP contribution in [0, 0.1) is 17.5 Å². The van der Waals surface area contributed by atoms with E-state index in [0.29, 0.717) is 44.1 Å². The third-order valence-electron chi connectivity index (χ3n) is 7.36. The van der Waals surface area contributed by atoms with Gasteiger partial charge in [0, 0.05) is 50.1 Å². The molecule has 1 N–H and O–H groups in total. The number of halogens is 5. The molecule has 0 aliphatic carbocycles. The van der Waals surface area contributed by atoms with E-state index >= 15 is 0 Å². The van der Waals surface area contributed by atoms with Crippen molar-refractivity contribution in [2.45, 2.75) is 50.5 Å². The highest BCUT2D eigenvalue weighted by Crippen LogP contribution is 2.44. The number of amides is 1. The van der Waals surface area contributed by atoms with Crippen LogP contribution < -0.4 is 5.32 Å². The molecule has 1 aromatic carbocycles. The lowest BCUT2D eigenvalue weighted by Gasteiger charge is -2.39. The summed E-state index contributed by atoms with van der Waals surface area (Å²) in [5.41, 5.74) is -1.49. The number of benzene rings is 1. The summed E-state index contributed by atoms with van der Waals surface area (Å²) in [6.07, 6.45) is 2.36. The molecule has 6 nitrogen and oxygen atoms in total. The lowest BCUT2D eigenvalue weighted by Crippen LogP contribution is -2.52. The Bertz CT molecular complexity index is 1350. The van der Waals surface area contributed by atoms with Crippen molar-refractivity contribution in [1.29, 1.82) is 0 Å². The van der Waals surface area contributed by atoms with Crippen molar-refractivity contribution in [2.75, 3.05) is 13.1 Å². The fourth-order valence-electron chi connectivity index (χ4n) is 5.38. The Morgan fingerprint density at radius 3 is 2.47 bits per heavy atom. The van der Waals surface area contributed by atoms with E-state index < -0.39 is 35.1 Å². The van der Waals surface area contributed by atoms with Crippen LogP contribution in [0.15, 0.2) is 48.9 Å². The van der Waals surface area contributed by atoms with Gasteiger partial charge in [0.15, 0.2) is 17.2 Å². The Hall–Kier alpha value is -3.44. The van der Waals surface area contributed by atoms with E-state index in [-0.39, 0.29) is 23.7 Å². The number of pyridine rings is 2. The standard InChI is InChI=1S/C27H25F5N4O2/c1-16(37)35-27(25(31)32,18-3-4-21(28)22(29)10-18)24-5-2-17(11-34-24)14-36-8-6-26(7-9-36)20-12-33-13-23(30)19(20)15-38-26/h2-5,10-13,25H,6-9,14-15H2,1H3,(H,35,37)/t27-/m1/s1. The first-order valence-corrected chi connectivity index (χ1v) is 12.1. The fraction of sp³-hybridized carbons (Fsp3) is 0.370. The van der Waals surface area contributed by atoms with Crippen molar-refractivity contribution >= 4 is 5.91 Å². The summed E-state index contributed by atoms with van der Waals surface area (Å²) in [5.74, 6) is -3.66. The molecule has 1 saturated heterocycles. The van der Waals surface area contributed by atoms with Crippen LogP contribution in [0.5, 0.6) is 0 Å². The highest BCUT2D eigenvalue weighted by atomic mass is 19.3. The van der Waals surface area contributed by atoms with E-state index in [9.17, 15) is 26.7 Å². The molecule has 1 fully saturated rings. The minimum absolute atomic E-state index is 0.208. The Balaban J connectivity index is 1.34. The number of carbonyl (C=O) groups is 1. The lowest BCUT2D eigenvalue weighted by molar-refractivity contribution is -0.122. The van der Waals surface area contributed by atoms with Crippen LogP contribution in [-0.4, -0.2) is 40.3 Å². The van der Waals surface area contributed by atoms with Gasteiger partial charge in [-0.15, -0.1) is 0 Å². The van der Waals surface area contributed by atoms with Gasteiger partial charge in [-0.2, -0.15) is 0 Å². The van der Waals surface area contributed by atoms with Crippen LogP contribution >= 0.6 is 0 Å². The maximum Gasteiger partial charge on any atom is 0.271 e. The summed E-state index contributed by atoms with van der Waals surface area (Å²) in [5, 5.41) is 2.22. The van der Waals surface area contributed by atoms with E-state index in [0.717, 1.165) is 30.2 Å². The van der Waals surface area contributed by atoms with Gasteiger partial charge in [-0.1, -0.05) is 12.1 Å². The fourth-order valence-corrected chi connectivity index (χ4v) is 5.38. The summed E-state index contributed by atoms with van der Waals surface area (Å²) in [6.45, 7) is 3.06. The van der Waals surface area contributed by atoms with Gasteiger partial charge in [-0.25, -0.2) is 22.0 Å². The molecule has 38 heavy (non-hydrogen) atoms. The van der Waals surface area contributed by atoms with E-state index in [2.05, 4.69) is 20.2 Å². The first-order chi connectivity index (χ1) is 18.1. The SMILES string of the molecule is CC(=O)N[C@](c1ccc(F)c(F)c1)(c1ccc(CN2CCC3(CC2)OCc2c(F)cncc23)cn1)C(F)F. The lowest BCUT2D eigenvalue weighted by atomic mass is 9.84. The van der Waals surface area contributed by atoms with Crippen molar-refractivity contribution in [3.05, 3.63) is 94.3 Å². The molecule has 1 atom stereocenters. The van der Waals surface area contributed by atoms with Crippen LogP contribution in [0.3, 0.4) is 0 Å². The average molecular weight is 533 g/mol. The number of fused-ring (bicyclic) bond motifs is 2. The third kappa shape index (κ3) is 4.54. The number of alkyl halides is 2. The molecule has 4 heterocycles. The van der Waals surface area contributed by atoms with Crippen molar-refractivity contribution in [2.24, 2.45) is 0 Å². The molecule has 200 valence electrons. The maximum atomic E-state index is 14.5. The van der Waals surface area contributed by atoms with Crippen LogP contribution in [0.2, 0.25) is 0 Å². The average Bonchev–Trinajstić information content (AvgIpc) is 3.25. The predicted molar refractivity (Wildman–Crippen MR) is 126 cm³/mol. The number of carbonyl (C=O) groups excluding carboxylic acids is 1. The molecule has 0 saturated carbocycles. The van der Waals surface area contributed by atoms with E-state index in [4.69, 9.17) is 4.74 Å². The predicted octanol–water partition coefficient (Wildman–Crippen LogP) is 4.56. The number of nitrogens with zero attached hydrogens (tertiary/aromatic N) is 3. The molecular weight excluding hydrogens is 507 g/mol. The van der Waals surface area contributed by atoms with Gasteiger partial charge in [0.1, 0.15) is 5.82 Å². The number of piperidine rings is 1. The zero-order valence-electron chi connectivity index (χ0n) is 20.5. The number of nitrogens with one attached hydrogen (secondary N) is 1. The zero-order chi connectivity index (χ0) is 27.1. The first-order valence-electron chi connectivity index (χ1n) is 12.1. The molecule has 5 rings (SSSR count). The normalized spacial score (nSPS) is 18.4. The molecule has 2 aliphatic rings. The minimum atomic E-state index is -3.21. The number of aromatic nitrogens is 2. The van der Waals surface area contributed by atoms with Gasteiger partial charge in [0.25, 0.3) is 6.43 Å². The van der Waals surface area contributed by atoms with Gasteiger partial charge < -0.3 is 10.1 Å². The van der Waals surface area contributed by atoms with Gasteiger partial charge in [0.05, 0.1) is 24.1 Å². The van der Waals surface area contributed by atoms with E-state index in [1.165, 1.54) is 18.5 Å². The number of hydrogen-bond donors (Lipinski definition) is 1. The summed E-state index contributed by atoms with van der Waals surface area (Å²) in [6, 6.07) is 5.35. The van der Waals surface area contributed by atoms with E-state index in [1.54, 1.807) is 12.3 Å². The van der Waals surface area contributed by atoms with Gasteiger partial charge in [0.2, 0.25) is 5.91 Å². The summed E-state index contributed by atoms with van der Waals surface area (Å²) >= 11 is 0. The second kappa shape index (κ2) is 10.0. The smallest absolute Gasteiger partial charge is 0.271 e. The molecular formula is C27H25F5N4O2. The van der Waals surface area contributed by atoms with Crippen LogP contribution in [0.25, 0.3) is 0 Å². The molecule has 2 aliphatic heterocycles. The minimum Gasteiger partial charge on any atom is -0.365 e. The molecule has 1 amide bonds. The molecule has 0 radical (unpaired) electrons. The Morgan fingerprint density at radius 1 is 1.08 bits per heavy atom. The Morgan fingerprint density at radius 2 is 1.84 bits per heavy atom. The first kappa shape index (κ1) is 26.2. The second-order valence-electron chi connectivity index (χ2n) is 9.68. The maximum absolute atomic E-state index is 14.5. The van der Waals surface area contributed by atoms with Gasteiger partial charge in [-0.3, -0.25) is 19.7 Å². The quantitative estimate of drug-likeness (QED) is 0.472. The number of hydrogen-bond acceptors (Lipinski definition) is 5. The molecule has 3 aromatic rings. The van der Waals surface area contributed by atoms with Crippen molar-refractivity contribution in [1.82, 2.24) is 20.2 Å². The number of rotatable bonds is 6. The van der Waals surface area contributed by atoms with Crippen LogP contribution in [-0.2, 0) is 33.8 Å². The van der Waals surface area contributed by atoms with Crippen LogP contribution in [0.1, 0.15) is 47.7 Å². The zero-order valence-corrected chi connectivity index (χ0v) is 20.5. The van der Waals surface area contributed by atoms with E-state index in [1.807, 2.05) is 0 Å². The molecule has 11 heteroatoms. The van der Waals surface area contributed by atoms with Crippen LogP contribution in [0.4, 0.5) is 22.0 Å². The molecule has 0 unspecified atom stereocenters. The number of likely N-dealkylation sites (tertiary alicyclic amines) is 1. The Labute approximate surface area is 215 Å². The summed E-state index contributed by atoms with van der Waals surface area (Å²) < 4.78 is 76.7. The molecule has 2 aromatic heterocycles. The Kier molecular flexibility index (Phi) is 6.91. The van der Waals surface area contributed by atoms with Gasteiger partial charge in [-0.05, 0) is 42.2 Å². The van der Waals surface area contributed by atoms with Crippen molar-refractivity contribution in [3.63, 3.8) is 0 Å². The largest absolute Gasteiger partial charge is 0.365 e. The highest BCUT2D eigenvalue weighted by Gasteiger charge is 2.47. The molecule has 0 bridgehead atoms. The summed E-state index contributed by atoms with van der Waals surface area (Å²) in [7, 11) is 0. The second-order valence-corrected chi connectivity index (χ2v) is 9.68.